The molecule has 5 heteroatoms. The predicted molar refractivity (Wildman–Crippen MR) is 110 cm³/mol. The van der Waals surface area contributed by atoms with Crippen molar-refractivity contribution in [2.75, 3.05) is 49.5 Å². The van der Waals surface area contributed by atoms with Gasteiger partial charge >= 0.3 is 0 Å². The molecule has 144 valence electrons. The van der Waals surface area contributed by atoms with E-state index in [9.17, 15) is 4.79 Å². The largest absolute Gasteiger partial charge is 0.492 e. The van der Waals surface area contributed by atoms with Gasteiger partial charge in [-0.3, -0.25) is 4.79 Å². The number of piperazine rings is 1. The summed E-state index contributed by atoms with van der Waals surface area (Å²) in [5, 5.41) is 3.10. The van der Waals surface area contributed by atoms with Gasteiger partial charge in [0.2, 0.25) is 0 Å². The fourth-order valence-electron chi connectivity index (χ4n) is 3.66. The normalized spacial score (nSPS) is 14.9. The number of ether oxygens (including phenoxy) is 1. The third kappa shape index (κ3) is 4.80. The molecule has 1 heterocycles. The Labute approximate surface area is 161 Å². The Bertz CT molecular complexity index is 763. The van der Waals surface area contributed by atoms with Gasteiger partial charge in [0.15, 0.2) is 6.54 Å². The molecule has 2 N–H and O–H groups in total. The maximum absolute atomic E-state index is 12.5. The molecule has 0 aliphatic carbocycles. The number of benzene rings is 2. The molecule has 0 spiro atoms. The minimum absolute atomic E-state index is 0.0885. The van der Waals surface area contributed by atoms with Crippen molar-refractivity contribution in [3.05, 3.63) is 53.6 Å². The quantitative estimate of drug-likeness (QED) is 0.820. The van der Waals surface area contributed by atoms with Crippen molar-refractivity contribution in [2.45, 2.75) is 20.8 Å². The van der Waals surface area contributed by atoms with Gasteiger partial charge in [-0.25, -0.2) is 0 Å². The van der Waals surface area contributed by atoms with Crippen molar-refractivity contribution < 1.29 is 14.4 Å². The van der Waals surface area contributed by atoms with Crippen molar-refractivity contribution in [3.8, 4) is 5.75 Å². The maximum Gasteiger partial charge on any atom is 0.279 e. The van der Waals surface area contributed by atoms with Gasteiger partial charge in [0.25, 0.3) is 5.91 Å². The number of amides is 1. The van der Waals surface area contributed by atoms with E-state index in [1.54, 1.807) is 0 Å². The summed E-state index contributed by atoms with van der Waals surface area (Å²) < 4.78 is 5.76. The summed E-state index contributed by atoms with van der Waals surface area (Å²) in [5.41, 5.74) is 4.32. The van der Waals surface area contributed by atoms with Gasteiger partial charge in [-0.2, -0.15) is 0 Å². The van der Waals surface area contributed by atoms with Gasteiger partial charge in [0, 0.05) is 5.69 Å². The first-order chi connectivity index (χ1) is 13.1. The van der Waals surface area contributed by atoms with Crippen LogP contribution in [0.3, 0.4) is 0 Å². The molecule has 2 aromatic carbocycles. The topological polar surface area (TPSA) is 46.0 Å². The first-order valence-electron chi connectivity index (χ1n) is 9.75. The number of quaternary nitrogens is 1. The molecule has 1 amide bonds. The number of aryl methyl sites for hydroxylation is 2. The van der Waals surface area contributed by atoms with Crippen LogP contribution in [0.1, 0.15) is 18.1 Å². The molecule has 2 aromatic rings. The Hall–Kier alpha value is -2.53. The van der Waals surface area contributed by atoms with Crippen LogP contribution in [0.5, 0.6) is 5.75 Å². The third-order valence-corrected chi connectivity index (χ3v) is 5.13. The number of hydrogen-bond acceptors (Lipinski definition) is 3. The molecule has 3 rings (SSSR count). The minimum Gasteiger partial charge on any atom is -0.492 e. The molecule has 5 nitrogen and oxygen atoms in total. The molecule has 1 saturated heterocycles. The van der Waals surface area contributed by atoms with Crippen LogP contribution >= 0.6 is 0 Å². The van der Waals surface area contributed by atoms with E-state index >= 15 is 0 Å². The summed E-state index contributed by atoms with van der Waals surface area (Å²) in [4.78, 5) is 16.2. The van der Waals surface area contributed by atoms with Crippen molar-refractivity contribution in [1.29, 1.82) is 0 Å². The van der Waals surface area contributed by atoms with Crippen molar-refractivity contribution in [3.63, 3.8) is 0 Å². The zero-order valence-corrected chi connectivity index (χ0v) is 16.5. The first-order valence-corrected chi connectivity index (χ1v) is 9.75. The number of nitrogens with one attached hydrogen (secondary N) is 2. The smallest absolute Gasteiger partial charge is 0.279 e. The average molecular weight is 369 g/mol. The highest BCUT2D eigenvalue weighted by Gasteiger charge is 2.24. The number of carbonyl (C=O) groups is 1. The number of nitrogens with zero attached hydrogens (tertiary/aromatic N) is 1. The lowest BCUT2D eigenvalue weighted by Crippen LogP contribution is -3.15. The summed E-state index contributed by atoms with van der Waals surface area (Å²) in [7, 11) is 0. The van der Waals surface area contributed by atoms with Crippen molar-refractivity contribution >= 4 is 17.3 Å². The second-order valence-electron chi connectivity index (χ2n) is 7.13. The second-order valence-corrected chi connectivity index (χ2v) is 7.13. The van der Waals surface area contributed by atoms with Crippen molar-refractivity contribution in [1.82, 2.24) is 0 Å². The summed E-state index contributed by atoms with van der Waals surface area (Å²) in [6.45, 7) is 11.0. The summed E-state index contributed by atoms with van der Waals surface area (Å²) >= 11 is 0. The van der Waals surface area contributed by atoms with Crippen LogP contribution in [0.25, 0.3) is 0 Å². The summed E-state index contributed by atoms with van der Waals surface area (Å²) in [6, 6.07) is 14.3. The molecule has 0 aromatic heterocycles. The van der Waals surface area contributed by atoms with Crippen LogP contribution in [0, 0.1) is 13.8 Å². The Balaban J connectivity index is 1.55. The molecule has 0 atom stereocenters. The predicted octanol–water partition coefficient (Wildman–Crippen LogP) is 2.05. The molecule has 0 radical (unpaired) electrons. The maximum atomic E-state index is 12.5. The zero-order chi connectivity index (χ0) is 19.2. The minimum atomic E-state index is 0.0885. The van der Waals surface area contributed by atoms with E-state index in [0.29, 0.717) is 13.2 Å². The number of para-hydroxylation sites is 3. The van der Waals surface area contributed by atoms with E-state index < -0.39 is 0 Å². The second kappa shape index (κ2) is 8.91. The van der Waals surface area contributed by atoms with Crippen LogP contribution in [0.2, 0.25) is 0 Å². The molecule has 0 saturated carbocycles. The molecular formula is C22H30N3O2+. The van der Waals surface area contributed by atoms with E-state index in [1.807, 2.05) is 51.1 Å². The summed E-state index contributed by atoms with van der Waals surface area (Å²) in [5.74, 6) is 1.03. The fraction of sp³-hybridized carbons (Fsp3) is 0.409. The highest BCUT2D eigenvalue weighted by atomic mass is 16.5. The lowest BCUT2D eigenvalue weighted by molar-refractivity contribution is -0.892. The number of carbonyl (C=O) groups excluding carboxylic acids is 1. The SMILES string of the molecule is CCOc1ccccc1N1CC[NH+](CC(=O)Nc2c(C)cccc2C)CC1. The van der Waals surface area contributed by atoms with E-state index in [-0.39, 0.29) is 5.91 Å². The van der Waals surface area contributed by atoms with Gasteiger partial charge in [-0.1, -0.05) is 30.3 Å². The Morgan fingerprint density at radius 1 is 1.07 bits per heavy atom. The van der Waals surface area contributed by atoms with E-state index in [1.165, 1.54) is 4.90 Å². The molecule has 27 heavy (non-hydrogen) atoms. The van der Waals surface area contributed by atoms with Crippen LogP contribution in [-0.2, 0) is 4.79 Å². The molecule has 1 fully saturated rings. The molecule has 1 aliphatic rings. The highest BCUT2D eigenvalue weighted by molar-refractivity contribution is 5.93. The first kappa shape index (κ1) is 19.2. The Kier molecular flexibility index (Phi) is 6.35. The molecule has 0 bridgehead atoms. The lowest BCUT2D eigenvalue weighted by atomic mass is 10.1. The molecule has 1 aliphatic heterocycles. The van der Waals surface area contributed by atoms with Gasteiger partial charge in [-0.05, 0) is 44.0 Å². The Morgan fingerprint density at radius 2 is 1.74 bits per heavy atom. The lowest BCUT2D eigenvalue weighted by Gasteiger charge is -2.34. The van der Waals surface area contributed by atoms with Gasteiger partial charge in [0.1, 0.15) is 5.75 Å². The zero-order valence-electron chi connectivity index (χ0n) is 16.5. The van der Waals surface area contributed by atoms with Crippen LogP contribution < -0.4 is 19.9 Å². The molecule has 0 unspecified atom stereocenters. The van der Waals surface area contributed by atoms with Gasteiger partial charge < -0.3 is 19.9 Å². The van der Waals surface area contributed by atoms with E-state index in [4.69, 9.17) is 4.74 Å². The van der Waals surface area contributed by atoms with Crippen LogP contribution in [-0.4, -0.2) is 45.2 Å². The van der Waals surface area contributed by atoms with Crippen molar-refractivity contribution in [2.24, 2.45) is 0 Å². The van der Waals surface area contributed by atoms with Gasteiger partial charge in [-0.15, -0.1) is 0 Å². The highest BCUT2D eigenvalue weighted by Crippen LogP contribution is 2.27. The fourth-order valence-corrected chi connectivity index (χ4v) is 3.66. The Morgan fingerprint density at radius 3 is 2.41 bits per heavy atom. The number of anilines is 2. The van der Waals surface area contributed by atoms with E-state index in [2.05, 4.69) is 22.3 Å². The van der Waals surface area contributed by atoms with Gasteiger partial charge in [0.05, 0.1) is 38.5 Å². The number of hydrogen-bond donors (Lipinski definition) is 2. The standard InChI is InChI=1S/C22H29N3O2/c1-4-27-20-11-6-5-10-19(20)25-14-12-24(13-15-25)16-21(26)23-22-17(2)8-7-9-18(22)3/h5-11H,4,12-16H2,1-3H3,(H,23,26)/p+1. The monoisotopic (exact) mass is 368 g/mol. The summed E-state index contributed by atoms with van der Waals surface area (Å²) in [6.07, 6.45) is 0. The number of rotatable bonds is 6. The third-order valence-electron chi connectivity index (χ3n) is 5.13. The van der Waals surface area contributed by atoms with E-state index in [0.717, 1.165) is 54.4 Å². The van der Waals surface area contributed by atoms with Crippen LogP contribution in [0.4, 0.5) is 11.4 Å². The molecular weight excluding hydrogens is 338 g/mol. The van der Waals surface area contributed by atoms with Crippen LogP contribution in [0.15, 0.2) is 42.5 Å². The average Bonchev–Trinajstić information content (AvgIpc) is 2.66.